The lowest BCUT2D eigenvalue weighted by Crippen LogP contribution is -2.36. The van der Waals surface area contributed by atoms with E-state index in [9.17, 15) is 8.42 Å². The molecule has 1 aliphatic heterocycles. The van der Waals surface area contributed by atoms with E-state index in [1.54, 1.807) is 36.5 Å². The quantitative estimate of drug-likeness (QED) is 0.766. The highest BCUT2D eigenvalue weighted by Crippen LogP contribution is 2.25. The summed E-state index contributed by atoms with van der Waals surface area (Å²) < 4.78 is 33.6. The standard InChI is InChI=1S/C19H19N3O3S/c23-26(24,18-5-1-3-15-4-2-10-20-19(15)18)21-16-6-8-17(9-7-16)22-11-13-25-14-12-22/h1-10,21H,11-14H2. The summed E-state index contributed by atoms with van der Waals surface area (Å²) in [6, 6.07) is 16.2. The molecule has 134 valence electrons. The Bertz CT molecular complexity index is 1010. The average Bonchev–Trinajstić information content (AvgIpc) is 2.68. The molecule has 1 N–H and O–H groups in total. The number of benzene rings is 2. The summed E-state index contributed by atoms with van der Waals surface area (Å²) in [5.41, 5.74) is 2.05. The van der Waals surface area contributed by atoms with E-state index in [-0.39, 0.29) is 4.90 Å². The van der Waals surface area contributed by atoms with Crippen LogP contribution >= 0.6 is 0 Å². The van der Waals surface area contributed by atoms with Gasteiger partial charge >= 0.3 is 0 Å². The fourth-order valence-electron chi connectivity index (χ4n) is 3.07. The molecule has 0 saturated carbocycles. The van der Waals surface area contributed by atoms with Gasteiger partial charge < -0.3 is 9.64 Å². The van der Waals surface area contributed by atoms with Gasteiger partial charge in [0.2, 0.25) is 0 Å². The number of fused-ring (bicyclic) bond motifs is 1. The van der Waals surface area contributed by atoms with Crippen molar-refractivity contribution >= 4 is 32.3 Å². The van der Waals surface area contributed by atoms with Crippen LogP contribution in [0.15, 0.2) is 65.7 Å². The first-order valence-electron chi connectivity index (χ1n) is 8.43. The SMILES string of the molecule is O=S(=O)(Nc1ccc(N2CCOCC2)cc1)c1cccc2cccnc12. The molecule has 1 aliphatic rings. The fourth-order valence-corrected chi connectivity index (χ4v) is 4.30. The predicted molar refractivity (Wildman–Crippen MR) is 102 cm³/mol. The number of nitrogens with zero attached hydrogens (tertiary/aromatic N) is 2. The first kappa shape index (κ1) is 16.8. The van der Waals surface area contributed by atoms with Gasteiger partial charge in [0.05, 0.1) is 18.7 Å². The van der Waals surface area contributed by atoms with Crippen LogP contribution in [0.5, 0.6) is 0 Å². The van der Waals surface area contributed by atoms with Crippen LogP contribution in [0.25, 0.3) is 10.9 Å². The van der Waals surface area contributed by atoms with Gasteiger partial charge in [0.25, 0.3) is 10.0 Å². The molecule has 0 radical (unpaired) electrons. The third kappa shape index (κ3) is 3.36. The van der Waals surface area contributed by atoms with Gasteiger partial charge in [-0.05, 0) is 36.4 Å². The average molecular weight is 369 g/mol. The van der Waals surface area contributed by atoms with Crippen LogP contribution in [0, 0.1) is 0 Å². The number of morpholine rings is 1. The summed E-state index contributed by atoms with van der Waals surface area (Å²) in [5, 5.41) is 0.790. The van der Waals surface area contributed by atoms with Crippen LogP contribution < -0.4 is 9.62 Å². The van der Waals surface area contributed by atoms with E-state index >= 15 is 0 Å². The molecular formula is C19H19N3O3S. The van der Waals surface area contributed by atoms with Gasteiger partial charge in [-0.2, -0.15) is 0 Å². The lowest BCUT2D eigenvalue weighted by molar-refractivity contribution is 0.122. The molecule has 4 rings (SSSR count). The Morgan fingerprint density at radius 2 is 1.69 bits per heavy atom. The Labute approximate surface area is 152 Å². The highest BCUT2D eigenvalue weighted by Gasteiger charge is 2.18. The first-order valence-corrected chi connectivity index (χ1v) is 9.91. The number of anilines is 2. The zero-order valence-electron chi connectivity index (χ0n) is 14.1. The largest absolute Gasteiger partial charge is 0.378 e. The zero-order chi connectivity index (χ0) is 18.0. The molecule has 0 unspecified atom stereocenters. The molecule has 26 heavy (non-hydrogen) atoms. The Morgan fingerprint density at radius 1 is 0.962 bits per heavy atom. The molecule has 6 nitrogen and oxygen atoms in total. The highest BCUT2D eigenvalue weighted by atomic mass is 32.2. The number of ether oxygens (including phenoxy) is 1. The normalized spacial score (nSPS) is 15.2. The number of aromatic nitrogens is 1. The molecule has 7 heteroatoms. The van der Waals surface area contributed by atoms with Crippen molar-refractivity contribution in [2.45, 2.75) is 4.90 Å². The maximum absolute atomic E-state index is 12.8. The van der Waals surface area contributed by atoms with Crippen molar-refractivity contribution in [3.8, 4) is 0 Å². The van der Waals surface area contributed by atoms with E-state index in [0.29, 0.717) is 24.4 Å². The molecule has 1 aromatic heterocycles. The topological polar surface area (TPSA) is 71.5 Å². The monoisotopic (exact) mass is 369 g/mol. The van der Waals surface area contributed by atoms with Crippen molar-refractivity contribution in [3.63, 3.8) is 0 Å². The third-order valence-electron chi connectivity index (χ3n) is 4.38. The van der Waals surface area contributed by atoms with Crippen LogP contribution in [0.2, 0.25) is 0 Å². The van der Waals surface area contributed by atoms with E-state index in [2.05, 4.69) is 14.6 Å². The van der Waals surface area contributed by atoms with Crippen LogP contribution in [0.1, 0.15) is 0 Å². The predicted octanol–water partition coefficient (Wildman–Crippen LogP) is 2.87. The lowest BCUT2D eigenvalue weighted by atomic mass is 10.2. The van der Waals surface area contributed by atoms with E-state index in [1.807, 2.05) is 24.3 Å². The Hall–Kier alpha value is -2.64. The molecule has 0 amide bonds. The van der Waals surface area contributed by atoms with E-state index in [0.717, 1.165) is 24.2 Å². The van der Waals surface area contributed by atoms with Gasteiger partial charge in [-0.3, -0.25) is 9.71 Å². The molecule has 2 heterocycles. The van der Waals surface area contributed by atoms with E-state index in [1.165, 1.54) is 0 Å². The zero-order valence-corrected chi connectivity index (χ0v) is 14.9. The number of sulfonamides is 1. The minimum Gasteiger partial charge on any atom is -0.378 e. The molecular weight excluding hydrogens is 350 g/mol. The van der Waals surface area contributed by atoms with Crippen molar-refractivity contribution < 1.29 is 13.2 Å². The number of hydrogen-bond acceptors (Lipinski definition) is 5. The van der Waals surface area contributed by atoms with Crippen molar-refractivity contribution in [1.29, 1.82) is 0 Å². The molecule has 0 spiro atoms. The number of hydrogen-bond donors (Lipinski definition) is 1. The van der Waals surface area contributed by atoms with Crippen LogP contribution in [-0.4, -0.2) is 39.7 Å². The Morgan fingerprint density at radius 3 is 2.46 bits per heavy atom. The molecule has 0 bridgehead atoms. The molecule has 2 aromatic carbocycles. The van der Waals surface area contributed by atoms with Gasteiger partial charge in [0.1, 0.15) is 4.90 Å². The van der Waals surface area contributed by atoms with Gasteiger partial charge in [0, 0.05) is 36.0 Å². The summed E-state index contributed by atoms with van der Waals surface area (Å²) in [7, 11) is -3.72. The van der Waals surface area contributed by atoms with Crippen LogP contribution in [0.4, 0.5) is 11.4 Å². The highest BCUT2D eigenvalue weighted by molar-refractivity contribution is 7.93. The maximum Gasteiger partial charge on any atom is 0.264 e. The second-order valence-corrected chi connectivity index (χ2v) is 7.73. The lowest BCUT2D eigenvalue weighted by Gasteiger charge is -2.28. The van der Waals surface area contributed by atoms with E-state index in [4.69, 9.17) is 4.74 Å². The fraction of sp³-hybridized carbons (Fsp3) is 0.211. The summed E-state index contributed by atoms with van der Waals surface area (Å²) in [6.45, 7) is 3.10. The second-order valence-electron chi connectivity index (χ2n) is 6.08. The summed E-state index contributed by atoms with van der Waals surface area (Å²) in [5.74, 6) is 0. The second kappa shape index (κ2) is 6.93. The van der Waals surface area contributed by atoms with Gasteiger partial charge in [0.15, 0.2) is 0 Å². The van der Waals surface area contributed by atoms with E-state index < -0.39 is 10.0 Å². The van der Waals surface area contributed by atoms with Crippen LogP contribution in [0.3, 0.4) is 0 Å². The third-order valence-corrected chi connectivity index (χ3v) is 5.79. The summed E-state index contributed by atoms with van der Waals surface area (Å²) in [4.78, 5) is 6.62. The van der Waals surface area contributed by atoms with Gasteiger partial charge in [-0.1, -0.05) is 18.2 Å². The molecule has 3 aromatic rings. The van der Waals surface area contributed by atoms with Crippen molar-refractivity contribution in [3.05, 3.63) is 60.8 Å². The van der Waals surface area contributed by atoms with Crippen molar-refractivity contribution in [2.24, 2.45) is 0 Å². The van der Waals surface area contributed by atoms with Gasteiger partial charge in [-0.15, -0.1) is 0 Å². The maximum atomic E-state index is 12.8. The number of rotatable bonds is 4. The Kier molecular flexibility index (Phi) is 4.48. The van der Waals surface area contributed by atoms with Gasteiger partial charge in [-0.25, -0.2) is 8.42 Å². The minimum atomic E-state index is -3.72. The number of pyridine rings is 1. The smallest absolute Gasteiger partial charge is 0.264 e. The molecule has 0 atom stereocenters. The van der Waals surface area contributed by atoms with Crippen molar-refractivity contribution in [1.82, 2.24) is 4.98 Å². The minimum absolute atomic E-state index is 0.174. The Balaban J connectivity index is 1.59. The van der Waals surface area contributed by atoms with Crippen molar-refractivity contribution in [2.75, 3.05) is 35.9 Å². The molecule has 1 saturated heterocycles. The summed E-state index contributed by atoms with van der Waals surface area (Å²) in [6.07, 6.45) is 1.60. The first-order chi connectivity index (χ1) is 12.6. The molecule has 0 aliphatic carbocycles. The summed E-state index contributed by atoms with van der Waals surface area (Å²) >= 11 is 0. The number of nitrogens with one attached hydrogen (secondary N) is 1. The molecule has 1 fully saturated rings. The number of para-hydroxylation sites is 1. The van der Waals surface area contributed by atoms with Crippen LogP contribution in [-0.2, 0) is 14.8 Å².